The van der Waals surface area contributed by atoms with Crippen molar-refractivity contribution in [2.75, 3.05) is 0 Å². The average molecular weight is 416 g/mol. The summed E-state index contributed by atoms with van der Waals surface area (Å²) in [5.74, 6) is 0.639. The van der Waals surface area contributed by atoms with Crippen LogP contribution in [0.4, 0.5) is 13.2 Å². The van der Waals surface area contributed by atoms with Crippen LogP contribution in [0.1, 0.15) is 11.1 Å². The quantitative estimate of drug-likeness (QED) is 0.354. The van der Waals surface area contributed by atoms with E-state index in [0.717, 1.165) is 12.1 Å². The minimum Gasteiger partial charge on any atom is -0.272 e. The number of rotatable bonds is 5. The molecule has 0 saturated heterocycles. The predicted molar refractivity (Wildman–Crippen MR) is 106 cm³/mol. The van der Waals surface area contributed by atoms with Crippen LogP contribution in [0.15, 0.2) is 71.1 Å². The Morgan fingerprint density at radius 1 is 1.10 bits per heavy atom. The van der Waals surface area contributed by atoms with Crippen molar-refractivity contribution >= 4 is 28.4 Å². The number of benzene rings is 2. The number of hydrogen-bond acceptors (Lipinski definition) is 4. The highest BCUT2D eigenvalue weighted by atomic mass is 32.2. The second-order valence-electron chi connectivity index (χ2n) is 6.33. The second kappa shape index (κ2) is 7.40. The molecule has 0 saturated carbocycles. The van der Waals surface area contributed by atoms with E-state index in [1.165, 1.54) is 22.4 Å². The summed E-state index contributed by atoms with van der Waals surface area (Å²) in [5, 5.41) is 9.31. The first-order chi connectivity index (χ1) is 13.9. The number of fused-ring (bicyclic) bond motifs is 3. The first-order valence-electron chi connectivity index (χ1n) is 8.66. The van der Waals surface area contributed by atoms with Crippen LogP contribution in [-0.2, 0) is 18.5 Å². The summed E-state index contributed by atoms with van der Waals surface area (Å²) in [6, 6.07) is 12.3. The fourth-order valence-electron chi connectivity index (χ4n) is 3.11. The third-order valence-corrected chi connectivity index (χ3v) is 5.41. The Hall–Kier alpha value is -3.07. The Kier molecular flexibility index (Phi) is 4.91. The van der Waals surface area contributed by atoms with Gasteiger partial charge in [0.15, 0.2) is 5.16 Å². The summed E-state index contributed by atoms with van der Waals surface area (Å²) >= 11 is 1.26. The van der Waals surface area contributed by atoms with E-state index in [1.54, 1.807) is 40.8 Å². The minimum absolute atomic E-state index is 0.199. The molecule has 0 fully saturated rings. The van der Waals surface area contributed by atoms with Gasteiger partial charge in [0.05, 0.1) is 16.5 Å². The Balaban J connectivity index is 1.78. The number of para-hydroxylation sites is 1. The molecule has 0 aliphatic carbocycles. The average Bonchev–Trinajstić information content (AvgIpc) is 3.13. The van der Waals surface area contributed by atoms with E-state index in [4.69, 9.17) is 0 Å². The Labute approximate surface area is 167 Å². The van der Waals surface area contributed by atoms with Crippen molar-refractivity contribution in [3.63, 3.8) is 0 Å². The van der Waals surface area contributed by atoms with Crippen molar-refractivity contribution in [2.45, 2.75) is 23.6 Å². The molecule has 4 aromatic rings. The standard InChI is InChI=1S/C20H15F3N4OS/c1-2-10-26-17(28)15-8-3-4-9-16(15)27-18(26)24-25-19(27)29-12-13-6-5-7-14(11-13)20(21,22)23/h2-9,11H,1,10,12H2. The number of aromatic nitrogens is 4. The van der Waals surface area contributed by atoms with Crippen LogP contribution in [0.5, 0.6) is 0 Å². The highest BCUT2D eigenvalue weighted by Crippen LogP contribution is 2.31. The topological polar surface area (TPSA) is 52.2 Å². The van der Waals surface area contributed by atoms with Gasteiger partial charge >= 0.3 is 6.18 Å². The van der Waals surface area contributed by atoms with E-state index in [2.05, 4.69) is 16.8 Å². The fourth-order valence-corrected chi connectivity index (χ4v) is 3.99. The van der Waals surface area contributed by atoms with E-state index in [0.29, 0.717) is 27.4 Å². The third-order valence-electron chi connectivity index (χ3n) is 4.41. The van der Waals surface area contributed by atoms with Gasteiger partial charge in [0.2, 0.25) is 5.78 Å². The maximum atomic E-state index is 12.9. The zero-order chi connectivity index (χ0) is 20.6. The van der Waals surface area contributed by atoms with E-state index >= 15 is 0 Å². The normalized spacial score (nSPS) is 12.0. The number of thioether (sulfide) groups is 1. The number of hydrogen-bond donors (Lipinski definition) is 0. The summed E-state index contributed by atoms with van der Waals surface area (Å²) in [4.78, 5) is 12.8. The molecule has 148 valence electrons. The van der Waals surface area contributed by atoms with Gasteiger partial charge in [0.1, 0.15) is 0 Å². The van der Waals surface area contributed by atoms with E-state index < -0.39 is 11.7 Å². The van der Waals surface area contributed by atoms with Crippen LogP contribution in [-0.4, -0.2) is 19.2 Å². The summed E-state index contributed by atoms with van der Waals surface area (Å²) in [7, 11) is 0. The number of allylic oxidation sites excluding steroid dienone is 1. The van der Waals surface area contributed by atoms with Gasteiger partial charge in [0.25, 0.3) is 5.56 Å². The molecule has 0 spiro atoms. The summed E-state index contributed by atoms with van der Waals surface area (Å²) in [6.45, 7) is 3.95. The van der Waals surface area contributed by atoms with Crippen molar-refractivity contribution in [2.24, 2.45) is 0 Å². The highest BCUT2D eigenvalue weighted by Gasteiger charge is 2.30. The summed E-state index contributed by atoms with van der Waals surface area (Å²) < 4.78 is 42.1. The Morgan fingerprint density at radius 3 is 2.66 bits per heavy atom. The smallest absolute Gasteiger partial charge is 0.272 e. The molecular weight excluding hydrogens is 401 g/mol. The van der Waals surface area contributed by atoms with Gasteiger partial charge in [-0.05, 0) is 23.8 Å². The molecule has 0 N–H and O–H groups in total. The van der Waals surface area contributed by atoms with Crippen LogP contribution in [0.2, 0.25) is 0 Å². The molecule has 0 aliphatic heterocycles. The number of halogens is 3. The van der Waals surface area contributed by atoms with Crippen molar-refractivity contribution in [3.8, 4) is 0 Å². The first kappa shape index (κ1) is 19.3. The largest absolute Gasteiger partial charge is 0.416 e. The van der Waals surface area contributed by atoms with Crippen molar-refractivity contribution in [1.29, 1.82) is 0 Å². The van der Waals surface area contributed by atoms with Crippen LogP contribution in [0, 0.1) is 0 Å². The maximum absolute atomic E-state index is 12.9. The predicted octanol–water partition coefficient (Wildman–Crippen LogP) is 4.54. The molecular formula is C20H15F3N4OS. The van der Waals surface area contributed by atoms with Gasteiger partial charge in [-0.1, -0.05) is 48.2 Å². The highest BCUT2D eigenvalue weighted by molar-refractivity contribution is 7.98. The Bertz CT molecular complexity index is 1280. The Morgan fingerprint density at radius 2 is 1.90 bits per heavy atom. The van der Waals surface area contributed by atoms with Crippen LogP contribution in [0.25, 0.3) is 16.7 Å². The molecule has 0 amide bonds. The molecule has 5 nitrogen and oxygen atoms in total. The van der Waals surface area contributed by atoms with Crippen LogP contribution >= 0.6 is 11.8 Å². The van der Waals surface area contributed by atoms with E-state index in [-0.39, 0.29) is 17.9 Å². The molecule has 9 heteroatoms. The lowest BCUT2D eigenvalue weighted by Gasteiger charge is -2.10. The molecule has 0 bridgehead atoms. The van der Waals surface area contributed by atoms with Gasteiger partial charge in [-0.3, -0.25) is 13.8 Å². The molecule has 4 rings (SSSR count). The van der Waals surface area contributed by atoms with Gasteiger partial charge in [0, 0.05) is 12.3 Å². The van der Waals surface area contributed by atoms with Gasteiger partial charge in [-0.25, -0.2) is 0 Å². The lowest BCUT2D eigenvalue weighted by atomic mass is 10.1. The van der Waals surface area contributed by atoms with E-state index in [9.17, 15) is 18.0 Å². The lowest BCUT2D eigenvalue weighted by Crippen LogP contribution is -2.22. The maximum Gasteiger partial charge on any atom is 0.416 e. The van der Waals surface area contributed by atoms with E-state index in [1.807, 2.05) is 0 Å². The van der Waals surface area contributed by atoms with Crippen molar-refractivity contribution in [3.05, 3.63) is 82.7 Å². The number of nitrogens with zero attached hydrogens (tertiary/aromatic N) is 4. The molecule has 0 radical (unpaired) electrons. The van der Waals surface area contributed by atoms with Crippen molar-refractivity contribution < 1.29 is 13.2 Å². The second-order valence-corrected chi connectivity index (χ2v) is 7.27. The molecule has 0 aliphatic rings. The molecule has 2 aromatic carbocycles. The zero-order valence-corrected chi connectivity index (χ0v) is 15.9. The van der Waals surface area contributed by atoms with Gasteiger partial charge in [-0.15, -0.1) is 16.8 Å². The van der Waals surface area contributed by atoms with Crippen LogP contribution in [0.3, 0.4) is 0 Å². The monoisotopic (exact) mass is 416 g/mol. The summed E-state index contributed by atoms with van der Waals surface area (Å²) in [6.07, 6.45) is -2.79. The molecule has 0 unspecified atom stereocenters. The molecule has 2 heterocycles. The fraction of sp³-hybridized carbons (Fsp3) is 0.150. The molecule has 2 aromatic heterocycles. The molecule has 0 atom stereocenters. The van der Waals surface area contributed by atoms with Crippen LogP contribution < -0.4 is 5.56 Å². The SMILES string of the molecule is C=CCn1c(=O)c2ccccc2n2c(SCc3cccc(C(F)(F)F)c3)nnc12. The third kappa shape index (κ3) is 3.53. The van der Waals surface area contributed by atoms with Gasteiger partial charge < -0.3 is 0 Å². The zero-order valence-electron chi connectivity index (χ0n) is 15.1. The first-order valence-corrected chi connectivity index (χ1v) is 9.65. The molecule has 29 heavy (non-hydrogen) atoms. The lowest BCUT2D eigenvalue weighted by molar-refractivity contribution is -0.137. The van der Waals surface area contributed by atoms with Gasteiger partial charge in [-0.2, -0.15) is 13.2 Å². The minimum atomic E-state index is -4.39. The number of alkyl halides is 3. The summed E-state index contributed by atoms with van der Waals surface area (Å²) in [5.41, 5.74) is 0.274. The van der Waals surface area contributed by atoms with Crippen molar-refractivity contribution in [1.82, 2.24) is 19.2 Å².